The highest BCUT2D eigenvalue weighted by atomic mass is 32.1. The van der Waals surface area contributed by atoms with Crippen molar-refractivity contribution in [1.29, 1.82) is 0 Å². The molecule has 0 bridgehead atoms. The predicted molar refractivity (Wildman–Crippen MR) is 75.7 cm³/mol. The molecular weight excluding hydrogens is 258 g/mol. The molecule has 1 aliphatic heterocycles. The molecule has 2 aromatic heterocycles. The molecule has 5 nitrogen and oxygen atoms in total. The smallest absolute Gasteiger partial charge is 0.192 e. The van der Waals surface area contributed by atoms with Crippen LogP contribution in [0.2, 0.25) is 0 Å². The molecule has 6 heteroatoms. The van der Waals surface area contributed by atoms with Crippen LogP contribution in [0.4, 0.5) is 0 Å². The van der Waals surface area contributed by atoms with Crippen LogP contribution in [-0.4, -0.2) is 27.4 Å². The lowest BCUT2D eigenvalue weighted by Gasteiger charge is -2.35. The van der Waals surface area contributed by atoms with E-state index in [1.807, 2.05) is 6.07 Å². The van der Waals surface area contributed by atoms with E-state index in [1.54, 1.807) is 29.9 Å². The lowest BCUT2D eigenvalue weighted by atomic mass is 9.97. The summed E-state index contributed by atoms with van der Waals surface area (Å²) in [4.78, 5) is 16.3. The van der Waals surface area contributed by atoms with E-state index in [0.29, 0.717) is 12.5 Å². The van der Waals surface area contributed by atoms with Gasteiger partial charge in [0.1, 0.15) is 5.54 Å². The van der Waals surface area contributed by atoms with Crippen LogP contribution in [0.15, 0.2) is 41.1 Å². The molecule has 0 aliphatic carbocycles. The highest BCUT2D eigenvalue weighted by Crippen LogP contribution is 2.32. The number of aliphatic imine (C=N–C) groups is 1. The molecule has 0 saturated carbocycles. The Morgan fingerprint density at radius 1 is 1.47 bits per heavy atom. The molecule has 98 valence electrons. The molecule has 2 N–H and O–H groups in total. The van der Waals surface area contributed by atoms with Crippen LogP contribution in [0.1, 0.15) is 17.5 Å². The predicted octanol–water partition coefficient (Wildman–Crippen LogP) is 1.58. The Labute approximate surface area is 115 Å². The Balaban J connectivity index is 1.93. The number of hydrogen-bond donors (Lipinski definition) is 1. The first-order chi connectivity index (χ1) is 9.20. The maximum Gasteiger partial charge on any atom is 0.192 e. The maximum atomic E-state index is 6.04. The van der Waals surface area contributed by atoms with E-state index in [1.165, 1.54) is 4.88 Å². The van der Waals surface area contributed by atoms with Crippen LogP contribution in [0.25, 0.3) is 0 Å². The van der Waals surface area contributed by atoms with Crippen molar-refractivity contribution in [2.45, 2.75) is 19.0 Å². The fourth-order valence-electron chi connectivity index (χ4n) is 2.27. The zero-order chi connectivity index (χ0) is 13.3. The normalized spacial score (nSPS) is 22.6. The molecule has 0 aromatic carbocycles. The van der Waals surface area contributed by atoms with Gasteiger partial charge in [0.15, 0.2) is 5.96 Å². The second-order valence-corrected chi connectivity index (χ2v) is 5.74. The number of nitrogens with zero attached hydrogens (tertiary/aromatic N) is 4. The van der Waals surface area contributed by atoms with Gasteiger partial charge in [-0.05, 0) is 18.4 Å². The molecule has 19 heavy (non-hydrogen) atoms. The van der Waals surface area contributed by atoms with Crippen LogP contribution in [0.5, 0.6) is 0 Å². The molecule has 3 rings (SSSR count). The first-order valence-corrected chi connectivity index (χ1v) is 6.94. The summed E-state index contributed by atoms with van der Waals surface area (Å²) >= 11 is 1.72. The quantitative estimate of drug-likeness (QED) is 0.922. The molecule has 0 radical (unpaired) electrons. The lowest BCUT2D eigenvalue weighted by Crippen LogP contribution is -2.47. The van der Waals surface area contributed by atoms with Gasteiger partial charge in [-0.2, -0.15) is 0 Å². The summed E-state index contributed by atoms with van der Waals surface area (Å²) in [5, 5.41) is 2.07. The Kier molecular flexibility index (Phi) is 2.94. The third kappa shape index (κ3) is 2.08. The summed E-state index contributed by atoms with van der Waals surface area (Å²) < 4.78 is 0. The monoisotopic (exact) mass is 273 g/mol. The molecule has 1 aliphatic rings. The zero-order valence-corrected chi connectivity index (χ0v) is 11.5. The van der Waals surface area contributed by atoms with Gasteiger partial charge in [0.25, 0.3) is 0 Å². The van der Waals surface area contributed by atoms with Gasteiger partial charge in [-0.1, -0.05) is 6.07 Å². The molecule has 0 saturated heterocycles. The fraction of sp³-hybridized carbons (Fsp3) is 0.308. The van der Waals surface area contributed by atoms with Crippen molar-refractivity contribution >= 4 is 17.3 Å². The average Bonchev–Trinajstić information content (AvgIpc) is 3.04. The van der Waals surface area contributed by atoms with Gasteiger partial charge in [-0.15, -0.1) is 11.3 Å². The zero-order valence-electron chi connectivity index (χ0n) is 10.7. The molecule has 1 atom stereocenters. The van der Waals surface area contributed by atoms with Crippen LogP contribution in [0, 0.1) is 0 Å². The minimum atomic E-state index is -0.317. The van der Waals surface area contributed by atoms with Gasteiger partial charge in [-0.25, -0.2) is 0 Å². The maximum absolute atomic E-state index is 6.04. The third-order valence-corrected chi connectivity index (χ3v) is 4.29. The minimum absolute atomic E-state index is 0.317. The molecule has 0 spiro atoms. The van der Waals surface area contributed by atoms with Crippen LogP contribution in [0.3, 0.4) is 0 Å². The number of thiophene rings is 1. The summed E-state index contributed by atoms with van der Waals surface area (Å²) in [5.41, 5.74) is 6.62. The highest BCUT2D eigenvalue weighted by Gasteiger charge is 2.41. The Hall–Kier alpha value is -1.95. The Bertz CT molecular complexity index is 580. The van der Waals surface area contributed by atoms with E-state index in [9.17, 15) is 0 Å². The van der Waals surface area contributed by atoms with Gasteiger partial charge >= 0.3 is 0 Å². The highest BCUT2D eigenvalue weighted by molar-refractivity contribution is 7.09. The van der Waals surface area contributed by atoms with Crippen molar-refractivity contribution in [3.8, 4) is 0 Å². The topological polar surface area (TPSA) is 67.4 Å². The molecule has 0 fully saturated rings. The number of nitrogens with two attached hydrogens (primary N) is 1. The van der Waals surface area contributed by atoms with Crippen LogP contribution in [-0.2, 0) is 12.1 Å². The first-order valence-electron chi connectivity index (χ1n) is 6.06. The van der Waals surface area contributed by atoms with Crippen molar-refractivity contribution in [1.82, 2.24) is 14.9 Å². The molecule has 1 unspecified atom stereocenters. The van der Waals surface area contributed by atoms with Crippen molar-refractivity contribution in [2.75, 3.05) is 6.54 Å². The summed E-state index contributed by atoms with van der Waals surface area (Å²) in [6.45, 7) is 3.47. The summed E-state index contributed by atoms with van der Waals surface area (Å²) in [6.07, 6.45) is 5.17. The molecular formula is C13H15N5S. The SMILES string of the molecule is CC1(c2cnccn2)CN=C(N)N1Cc1cccs1. The molecule has 3 heterocycles. The van der Waals surface area contributed by atoms with E-state index in [2.05, 4.69) is 38.2 Å². The molecule has 0 amide bonds. The largest absolute Gasteiger partial charge is 0.370 e. The summed E-state index contributed by atoms with van der Waals surface area (Å²) in [5.74, 6) is 0.571. The second-order valence-electron chi connectivity index (χ2n) is 4.70. The van der Waals surface area contributed by atoms with E-state index in [0.717, 1.165) is 12.2 Å². The average molecular weight is 273 g/mol. The number of rotatable bonds is 3. The van der Waals surface area contributed by atoms with E-state index in [-0.39, 0.29) is 5.54 Å². The summed E-state index contributed by atoms with van der Waals surface area (Å²) in [7, 11) is 0. The van der Waals surface area contributed by atoms with E-state index < -0.39 is 0 Å². The van der Waals surface area contributed by atoms with Crippen LogP contribution >= 0.6 is 11.3 Å². The standard InChI is InChI=1S/C13H15N5S/c1-13(11-7-15-4-5-16-11)9-17-12(14)18(13)8-10-3-2-6-19-10/h2-7H,8-9H2,1H3,(H2,14,17). The van der Waals surface area contributed by atoms with Gasteiger partial charge < -0.3 is 10.6 Å². The third-order valence-electron chi connectivity index (χ3n) is 3.43. The van der Waals surface area contributed by atoms with E-state index in [4.69, 9.17) is 5.73 Å². The van der Waals surface area contributed by atoms with Crippen molar-refractivity contribution in [2.24, 2.45) is 10.7 Å². The Morgan fingerprint density at radius 2 is 2.37 bits per heavy atom. The molecule has 2 aromatic rings. The van der Waals surface area contributed by atoms with Crippen molar-refractivity contribution < 1.29 is 0 Å². The number of guanidine groups is 1. The fourth-order valence-corrected chi connectivity index (χ4v) is 2.96. The van der Waals surface area contributed by atoms with E-state index >= 15 is 0 Å². The van der Waals surface area contributed by atoms with Gasteiger partial charge in [0.2, 0.25) is 0 Å². The second kappa shape index (κ2) is 4.62. The van der Waals surface area contributed by atoms with Crippen molar-refractivity contribution in [3.63, 3.8) is 0 Å². The van der Waals surface area contributed by atoms with Crippen molar-refractivity contribution in [3.05, 3.63) is 46.7 Å². The first kappa shape index (κ1) is 12.1. The van der Waals surface area contributed by atoms with Gasteiger partial charge in [0.05, 0.1) is 25.0 Å². The Morgan fingerprint density at radius 3 is 3.05 bits per heavy atom. The number of hydrogen-bond acceptors (Lipinski definition) is 6. The van der Waals surface area contributed by atoms with Crippen LogP contribution < -0.4 is 5.73 Å². The summed E-state index contributed by atoms with van der Waals surface area (Å²) in [6, 6.07) is 4.15. The van der Waals surface area contributed by atoms with Gasteiger partial charge in [-0.3, -0.25) is 15.0 Å². The minimum Gasteiger partial charge on any atom is -0.370 e. The van der Waals surface area contributed by atoms with Gasteiger partial charge in [0, 0.05) is 17.3 Å². The number of aromatic nitrogens is 2. The lowest BCUT2D eigenvalue weighted by molar-refractivity contribution is 0.212.